The summed E-state index contributed by atoms with van der Waals surface area (Å²) >= 11 is 0. The molecule has 1 N–H and O–H groups in total. The van der Waals surface area contributed by atoms with Crippen molar-refractivity contribution >= 4 is 10.0 Å². The van der Waals surface area contributed by atoms with Crippen LogP contribution in [0.1, 0.15) is 24.2 Å². The van der Waals surface area contributed by atoms with E-state index in [2.05, 4.69) is 57.1 Å². The Kier molecular flexibility index (Phi) is 6.06. The zero-order chi connectivity index (χ0) is 20.4. The zero-order valence-electron chi connectivity index (χ0n) is 17.1. The van der Waals surface area contributed by atoms with Crippen LogP contribution < -0.4 is 4.72 Å². The largest absolute Gasteiger partial charge is 0.360 e. The predicted octanol–water partition coefficient (Wildman–Crippen LogP) is 2.10. The Balaban J connectivity index is 1.30. The van der Waals surface area contributed by atoms with E-state index in [4.69, 9.17) is 4.52 Å². The Morgan fingerprint density at radius 3 is 2.76 bits per heavy atom. The van der Waals surface area contributed by atoms with Crippen molar-refractivity contribution in [3.63, 3.8) is 0 Å². The summed E-state index contributed by atoms with van der Waals surface area (Å²) in [5.74, 6) is 1.63. The van der Waals surface area contributed by atoms with Gasteiger partial charge in [0.2, 0.25) is 10.0 Å². The van der Waals surface area contributed by atoms with Gasteiger partial charge in [0.15, 0.2) is 5.76 Å². The molecule has 1 aromatic heterocycles. The molecule has 4 atom stereocenters. The number of benzene rings is 1. The van der Waals surface area contributed by atoms with E-state index >= 15 is 0 Å². The fourth-order valence-electron chi connectivity index (χ4n) is 4.86. The summed E-state index contributed by atoms with van der Waals surface area (Å²) in [7, 11) is -1.38. The average molecular weight is 419 g/mol. The standard InChI is InChI=1S/C21H30N4O3S/c1-16-21(12-22-28-16)29(26,27)23-11-20-10-18-8-9-25(20)15-19(18)14-24(2)13-17-6-4-3-5-7-17/h3-7,12,18-20,23H,8-11,13-15H2,1-2H3/t18-,19-,20+/m0/s1. The van der Waals surface area contributed by atoms with Gasteiger partial charge in [0.05, 0.1) is 6.20 Å². The second-order valence-corrected chi connectivity index (χ2v) is 10.2. The SMILES string of the molecule is Cc1oncc1S(=O)(=O)NC[C@H]1C[C@@H]2CCN1C[C@@H]2CN(C)Cc1ccccc1. The maximum absolute atomic E-state index is 12.5. The third kappa shape index (κ3) is 4.71. The zero-order valence-corrected chi connectivity index (χ0v) is 17.9. The van der Waals surface area contributed by atoms with Crippen LogP contribution in [-0.2, 0) is 16.6 Å². The molecule has 2 aromatic rings. The second-order valence-electron chi connectivity index (χ2n) is 8.47. The van der Waals surface area contributed by atoms with Crippen LogP contribution in [0.3, 0.4) is 0 Å². The maximum Gasteiger partial charge on any atom is 0.245 e. The molecule has 0 aliphatic carbocycles. The fraction of sp³-hybridized carbons (Fsp3) is 0.571. The number of rotatable bonds is 8. The summed E-state index contributed by atoms with van der Waals surface area (Å²) in [5.41, 5.74) is 1.34. The summed E-state index contributed by atoms with van der Waals surface area (Å²) in [6, 6.07) is 10.8. The lowest BCUT2D eigenvalue weighted by Gasteiger charge is -2.50. The number of piperidine rings is 3. The fourth-order valence-corrected chi connectivity index (χ4v) is 6.02. The number of aryl methyl sites for hydroxylation is 1. The number of hydrogen-bond donors (Lipinski definition) is 1. The maximum atomic E-state index is 12.5. The molecule has 4 heterocycles. The summed E-state index contributed by atoms with van der Waals surface area (Å²) in [6.45, 7) is 6.20. The van der Waals surface area contributed by atoms with Gasteiger partial charge in [-0.3, -0.25) is 4.90 Å². The molecule has 0 saturated carbocycles. The Bertz CT molecular complexity index is 915. The lowest BCUT2D eigenvalue weighted by Crippen LogP contribution is -2.58. The van der Waals surface area contributed by atoms with Gasteiger partial charge in [-0.15, -0.1) is 0 Å². The van der Waals surface area contributed by atoms with Crippen LogP contribution in [0.4, 0.5) is 0 Å². The van der Waals surface area contributed by atoms with E-state index in [1.165, 1.54) is 18.2 Å². The number of hydrogen-bond acceptors (Lipinski definition) is 6. The number of nitrogens with zero attached hydrogens (tertiary/aromatic N) is 3. The van der Waals surface area contributed by atoms with E-state index in [0.29, 0.717) is 24.1 Å². The molecule has 3 saturated heterocycles. The first-order chi connectivity index (χ1) is 13.9. The molecular formula is C21H30N4O3S. The highest BCUT2D eigenvalue weighted by Gasteiger charge is 2.40. The van der Waals surface area contributed by atoms with Gasteiger partial charge in [-0.2, -0.15) is 0 Å². The van der Waals surface area contributed by atoms with Crippen molar-refractivity contribution in [1.29, 1.82) is 0 Å². The van der Waals surface area contributed by atoms with Gasteiger partial charge in [-0.25, -0.2) is 13.1 Å². The smallest absolute Gasteiger partial charge is 0.245 e. The topological polar surface area (TPSA) is 78.7 Å². The molecule has 7 nitrogen and oxygen atoms in total. The molecular weight excluding hydrogens is 388 g/mol. The number of sulfonamides is 1. The quantitative estimate of drug-likeness (QED) is 0.707. The molecule has 3 fully saturated rings. The van der Waals surface area contributed by atoms with Crippen molar-refractivity contribution in [1.82, 2.24) is 19.7 Å². The Morgan fingerprint density at radius 1 is 1.31 bits per heavy atom. The van der Waals surface area contributed by atoms with Gasteiger partial charge < -0.3 is 9.42 Å². The van der Waals surface area contributed by atoms with Crippen molar-refractivity contribution in [2.24, 2.45) is 11.8 Å². The van der Waals surface area contributed by atoms with Gasteiger partial charge >= 0.3 is 0 Å². The second kappa shape index (κ2) is 8.55. The van der Waals surface area contributed by atoms with Crippen LogP contribution >= 0.6 is 0 Å². The molecule has 3 aliphatic heterocycles. The van der Waals surface area contributed by atoms with Crippen molar-refractivity contribution in [3.05, 3.63) is 47.9 Å². The molecule has 1 aromatic carbocycles. The molecule has 3 aliphatic rings. The lowest BCUT2D eigenvalue weighted by molar-refractivity contribution is -0.00822. The summed E-state index contributed by atoms with van der Waals surface area (Å²) in [6.07, 6.45) is 3.52. The van der Waals surface area contributed by atoms with E-state index in [0.717, 1.165) is 32.6 Å². The highest BCUT2D eigenvalue weighted by Crippen LogP contribution is 2.36. The van der Waals surface area contributed by atoms with Crippen LogP contribution in [0, 0.1) is 18.8 Å². The number of fused-ring (bicyclic) bond motifs is 3. The number of aromatic nitrogens is 1. The molecule has 1 unspecified atom stereocenters. The van der Waals surface area contributed by atoms with Crippen LogP contribution in [0.5, 0.6) is 0 Å². The minimum Gasteiger partial charge on any atom is -0.360 e. The van der Waals surface area contributed by atoms with E-state index in [1.54, 1.807) is 6.92 Å². The highest BCUT2D eigenvalue weighted by atomic mass is 32.2. The highest BCUT2D eigenvalue weighted by molar-refractivity contribution is 7.89. The molecule has 2 bridgehead atoms. The lowest BCUT2D eigenvalue weighted by atomic mass is 9.75. The van der Waals surface area contributed by atoms with Crippen molar-refractivity contribution in [3.8, 4) is 0 Å². The van der Waals surface area contributed by atoms with Crippen LogP contribution in [0.15, 0.2) is 45.9 Å². The number of nitrogens with one attached hydrogen (secondary N) is 1. The van der Waals surface area contributed by atoms with Gasteiger partial charge in [-0.05, 0) is 50.8 Å². The van der Waals surface area contributed by atoms with Gasteiger partial charge in [0.1, 0.15) is 4.90 Å². The Labute approximate surface area is 173 Å². The molecule has 29 heavy (non-hydrogen) atoms. The van der Waals surface area contributed by atoms with Gasteiger partial charge in [-0.1, -0.05) is 35.5 Å². The van der Waals surface area contributed by atoms with E-state index in [1.807, 2.05) is 0 Å². The first-order valence-electron chi connectivity index (χ1n) is 10.3. The van der Waals surface area contributed by atoms with Gasteiger partial charge in [0.25, 0.3) is 0 Å². The summed E-state index contributed by atoms with van der Waals surface area (Å²) in [5, 5.41) is 3.58. The molecule has 0 amide bonds. The van der Waals surface area contributed by atoms with Crippen molar-refractivity contribution in [2.45, 2.75) is 37.2 Å². The van der Waals surface area contributed by atoms with E-state index in [9.17, 15) is 8.42 Å². The molecule has 5 rings (SSSR count). The van der Waals surface area contributed by atoms with Crippen LogP contribution in [0.25, 0.3) is 0 Å². The molecule has 0 radical (unpaired) electrons. The van der Waals surface area contributed by atoms with Crippen LogP contribution in [0.2, 0.25) is 0 Å². The minimum absolute atomic E-state index is 0.133. The molecule has 158 valence electrons. The average Bonchev–Trinajstić information content (AvgIpc) is 3.15. The third-order valence-corrected chi connectivity index (χ3v) is 7.88. The Hall–Kier alpha value is -1.74. The predicted molar refractivity (Wildman–Crippen MR) is 111 cm³/mol. The minimum atomic E-state index is -3.57. The Morgan fingerprint density at radius 2 is 2.10 bits per heavy atom. The van der Waals surface area contributed by atoms with E-state index in [-0.39, 0.29) is 10.9 Å². The third-order valence-electron chi connectivity index (χ3n) is 6.36. The first kappa shape index (κ1) is 20.5. The van der Waals surface area contributed by atoms with Crippen molar-refractivity contribution < 1.29 is 12.9 Å². The molecule has 0 spiro atoms. The van der Waals surface area contributed by atoms with Gasteiger partial charge in [0, 0.05) is 32.2 Å². The van der Waals surface area contributed by atoms with Crippen LogP contribution in [-0.4, -0.2) is 62.6 Å². The summed E-state index contributed by atoms with van der Waals surface area (Å²) in [4.78, 5) is 5.01. The normalized spacial score (nSPS) is 26.9. The monoisotopic (exact) mass is 418 g/mol. The summed E-state index contributed by atoms with van der Waals surface area (Å²) < 4.78 is 32.7. The molecule has 8 heteroatoms. The van der Waals surface area contributed by atoms with Crippen molar-refractivity contribution in [2.75, 3.05) is 33.2 Å². The first-order valence-corrected chi connectivity index (χ1v) is 11.8. The van der Waals surface area contributed by atoms with E-state index < -0.39 is 10.0 Å².